The van der Waals surface area contributed by atoms with E-state index in [2.05, 4.69) is 5.32 Å². The number of hydrogen-bond acceptors (Lipinski definition) is 4. The molecule has 108 valence electrons. The number of pyridine rings is 1. The molecular formula is C14H13N3O4. The summed E-state index contributed by atoms with van der Waals surface area (Å²) in [5.41, 5.74) is 0.213. The fourth-order valence-corrected chi connectivity index (χ4v) is 1.85. The molecule has 0 bridgehead atoms. The Bertz CT molecular complexity index is 738. The van der Waals surface area contributed by atoms with Crippen molar-refractivity contribution in [2.24, 2.45) is 0 Å². The predicted molar refractivity (Wildman–Crippen MR) is 77.2 cm³/mol. The molecule has 0 atom stereocenters. The molecule has 7 heteroatoms. The number of benzene rings is 1. The SMILES string of the molecule is Cc1cc(=O)n(CC(=O)Nc2ccccc2)cc1[N+](=O)[O-]. The summed E-state index contributed by atoms with van der Waals surface area (Å²) in [7, 11) is 0. The molecular weight excluding hydrogens is 274 g/mol. The first-order valence-corrected chi connectivity index (χ1v) is 6.18. The Morgan fingerprint density at radius 1 is 1.33 bits per heavy atom. The molecule has 0 aliphatic rings. The van der Waals surface area contributed by atoms with Crippen LogP contribution >= 0.6 is 0 Å². The van der Waals surface area contributed by atoms with E-state index in [0.717, 1.165) is 16.8 Å². The number of para-hydroxylation sites is 1. The number of rotatable bonds is 4. The van der Waals surface area contributed by atoms with Crippen LogP contribution in [0.3, 0.4) is 0 Å². The molecule has 0 aliphatic carbocycles. The van der Waals surface area contributed by atoms with Crippen molar-refractivity contribution in [3.05, 3.63) is 68.6 Å². The molecule has 0 saturated heterocycles. The van der Waals surface area contributed by atoms with Crippen molar-refractivity contribution in [1.82, 2.24) is 4.57 Å². The van der Waals surface area contributed by atoms with Crippen molar-refractivity contribution in [2.75, 3.05) is 5.32 Å². The Kier molecular flexibility index (Phi) is 4.13. The second-order valence-electron chi connectivity index (χ2n) is 4.48. The summed E-state index contributed by atoms with van der Waals surface area (Å²) in [6.07, 6.45) is 1.09. The molecule has 1 aromatic carbocycles. The molecule has 1 aromatic heterocycles. The molecule has 7 nitrogen and oxygen atoms in total. The van der Waals surface area contributed by atoms with E-state index in [9.17, 15) is 19.7 Å². The van der Waals surface area contributed by atoms with Gasteiger partial charge in [0.2, 0.25) is 5.91 Å². The van der Waals surface area contributed by atoms with Gasteiger partial charge in [-0.15, -0.1) is 0 Å². The molecule has 21 heavy (non-hydrogen) atoms. The number of aromatic nitrogens is 1. The van der Waals surface area contributed by atoms with Crippen LogP contribution in [0.25, 0.3) is 0 Å². The van der Waals surface area contributed by atoms with Crippen LogP contribution in [0.1, 0.15) is 5.56 Å². The third-order valence-electron chi connectivity index (χ3n) is 2.87. The molecule has 0 saturated carbocycles. The molecule has 0 spiro atoms. The summed E-state index contributed by atoms with van der Waals surface area (Å²) >= 11 is 0. The number of aryl methyl sites for hydroxylation is 1. The Hall–Kier alpha value is -2.96. The highest BCUT2D eigenvalue weighted by Gasteiger charge is 2.14. The van der Waals surface area contributed by atoms with Gasteiger partial charge < -0.3 is 5.32 Å². The lowest BCUT2D eigenvalue weighted by Gasteiger charge is -2.08. The number of amides is 1. The minimum Gasteiger partial charge on any atom is -0.325 e. The number of carbonyl (C=O) groups is 1. The maximum Gasteiger partial charge on any atom is 0.288 e. The van der Waals surface area contributed by atoms with Crippen molar-refractivity contribution < 1.29 is 9.72 Å². The van der Waals surface area contributed by atoms with E-state index in [4.69, 9.17) is 0 Å². The van der Waals surface area contributed by atoms with Gasteiger partial charge in [-0.2, -0.15) is 0 Å². The first-order chi connectivity index (χ1) is 9.97. The molecule has 0 radical (unpaired) electrons. The highest BCUT2D eigenvalue weighted by Crippen LogP contribution is 2.14. The number of nitrogens with one attached hydrogen (secondary N) is 1. The Morgan fingerprint density at radius 2 is 2.00 bits per heavy atom. The van der Waals surface area contributed by atoms with Gasteiger partial charge in [0.15, 0.2) is 0 Å². The summed E-state index contributed by atoms with van der Waals surface area (Å²) in [6.45, 7) is 1.20. The topological polar surface area (TPSA) is 94.2 Å². The van der Waals surface area contributed by atoms with Crippen molar-refractivity contribution in [2.45, 2.75) is 13.5 Å². The molecule has 2 rings (SSSR count). The van der Waals surface area contributed by atoms with Crippen LogP contribution < -0.4 is 10.9 Å². The summed E-state index contributed by atoms with van der Waals surface area (Å²) in [6, 6.07) is 9.89. The van der Waals surface area contributed by atoms with Crippen LogP contribution in [0, 0.1) is 17.0 Å². The number of nitro groups is 1. The van der Waals surface area contributed by atoms with Gasteiger partial charge in [-0.3, -0.25) is 24.3 Å². The predicted octanol–water partition coefficient (Wildman–Crippen LogP) is 1.70. The smallest absolute Gasteiger partial charge is 0.288 e. The van der Waals surface area contributed by atoms with Crippen LogP contribution in [0.15, 0.2) is 47.4 Å². The molecule has 1 N–H and O–H groups in total. The molecule has 1 heterocycles. The number of carbonyl (C=O) groups excluding carboxylic acids is 1. The lowest BCUT2D eigenvalue weighted by molar-refractivity contribution is -0.385. The third kappa shape index (κ3) is 3.53. The zero-order valence-corrected chi connectivity index (χ0v) is 11.3. The van der Waals surface area contributed by atoms with E-state index in [0.29, 0.717) is 5.69 Å². The average molecular weight is 287 g/mol. The second-order valence-corrected chi connectivity index (χ2v) is 4.48. The number of anilines is 1. The van der Waals surface area contributed by atoms with Gasteiger partial charge in [0.1, 0.15) is 6.54 Å². The summed E-state index contributed by atoms with van der Waals surface area (Å²) < 4.78 is 1.02. The van der Waals surface area contributed by atoms with Crippen LogP contribution in [0.5, 0.6) is 0 Å². The Labute approximate surface area is 120 Å². The van der Waals surface area contributed by atoms with Crippen LogP contribution in [-0.2, 0) is 11.3 Å². The fraction of sp³-hybridized carbons (Fsp3) is 0.143. The molecule has 0 unspecified atom stereocenters. The van der Waals surface area contributed by atoms with Crippen LogP contribution in [0.2, 0.25) is 0 Å². The fourth-order valence-electron chi connectivity index (χ4n) is 1.85. The quantitative estimate of drug-likeness (QED) is 0.684. The zero-order valence-electron chi connectivity index (χ0n) is 11.3. The maximum absolute atomic E-state index is 11.9. The van der Waals surface area contributed by atoms with Gasteiger partial charge in [-0.05, 0) is 19.1 Å². The lowest BCUT2D eigenvalue weighted by atomic mass is 10.2. The van der Waals surface area contributed by atoms with E-state index in [1.165, 1.54) is 6.92 Å². The van der Waals surface area contributed by atoms with E-state index in [-0.39, 0.29) is 17.8 Å². The van der Waals surface area contributed by atoms with Gasteiger partial charge in [0.05, 0.1) is 11.1 Å². The molecule has 2 aromatic rings. The van der Waals surface area contributed by atoms with E-state index in [1.54, 1.807) is 24.3 Å². The van der Waals surface area contributed by atoms with Crippen molar-refractivity contribution >= 4 is 17.3 Å². The zero-order chi connectivity index (χ0) is 15.4. The van der Waals surface area contributed by atoms with Crippen molar-refractivity contribution in [3.63, 3.8) is 0 Å². The molecule has 0 fully saturated rings. The summed E-state index contributed by atoms with van der Waals surface area (Å²) in [4.78, 5) is 33.9. The van der Waals surface area contributed by atoms with Gasteiger partial charge in [0, 0.05) is 17.3 Å². The highest BCUT2D eigenvalue weighted by molar-refractivity contribution is 5.90. The first-order valence-electron chi connectivity index (χ1n) is 6.18. The summed E-state index contributed by atoms with van der Waals surface area (Å²) in [5, 5.41) is 13.5. The van der Waals surface area contributed by atoms with Crippen molar-refractivity contribution in [1.29, 1.82) is 0 Å². The largest absolute Gasteiger partial charge is 0.325 e. The maximum atomic E-state index is 11.9. The minimum atomic E-state index is -0.583. The van der Waals surface area contributed by atoms with E-state index < -0.39 is 16.4 Å². The normalized spacial score (nSPS) is 10.1. The van der Waals surface area contributed by atoms with Gasteiger partial charge >= 0.3 is 0 Å². The van der Waals surface area contributed by atoms with Crippen LogP contribution in [0.4, 0.5) is 11.4 Å². The monoisotopic (exact) mass is 287 g/mol. The lowest BCUT2D eigenvalue weighted by Crippen LogP contribution is -2.27. The second kappa shape index (κ2) is 6.00. The van der Waals surface area contributed by atoms with Gasteiger partial charge in [-0.25, -0.2) is 0 Å². The Balaban J connectivity index is 2.19. The number of nitrogens with zero attached hydrogens (tertiary/aromatic N) is 2. The Morgan fingerprint density at radius 3 is 2.62 bits per heavy atom. The van der Waals surface area contributed by atoms with Gasteiger partial charge in [0.25, 0.3) is 11.2 Å². The highest BCUT2D eigenvalue weighted by atomic mass is 16.6. The average Bonchev–Trinajstić information content (AvgIpc) is 2.42. The van der Waals surface area contributed by atoms with E-state index in [1.807, 2.05) is 6.07 Å². The van der Waals surface area contributed by atoms with Crippen LogP contribution in [-0.4, -0.2) is 15.4 Å². The molecule has 1 amide bonds. The molecule has 0 aliphatic heterocycles. The third-order valence-corrected chi connectivity index (χ3v) is 2.87. The number of hydrogen-bond donors (Lipinski definition) is 1. The minimum absolute atomic E-state index is 0.192. The first kappa shape index (κ1) is 14.4. The van der Waals surface area contributed by atoms with Gasteiger partial charge in [-0.1, -0.05) is 18.2 Å². The van der Waals surface area contributed by atoms with E-state index >= 15 is 0 Å². The standard InChI is InChI=1S/C14H13N3O4/c1-10-7-14(19)16(8-12(10)17(20)21)9-13(18)15-11-5-3-2-4-6-11/h2-8H,9H2,1H3,(H,15,18). The summed E-state index contributed by atoms with van der Waals surface area (Å²) in [5.74, 6) is -0.429. The van der Waals surface area contributed by atoms with Crippen molar-refractivity contribution in [3.8, 4) is 0 Å².